The SMILES string of the molecule is CCO[Si](OCC)(OCC)O[Si](OCC)(OCC)O[Si](OCC)(OCC)OCC. The van der Waals surface area contributed by atoms with Gasteiger partial charge in [-0.1, -0.05) is 0 Å². The fourth-order valence-corrected chi connectivity index (χ4v) is 11.1. The van der Waals surface area contributed by atoms with Gasteiger partial charge in [0.2, 0.25) is 0 Å². The normalized spacial score (nSPS) is 13.2. The topological polar surface area (TPSA) is 92.3 Å². The van der Waals surface area contributed by atoms with Crippen LogP contribution < -0.4 is 0 Å². The van der Waals surface area contributed by atoms with E-state index < -0.39 is 27.1 Å². The van der Waals surface area contributed by atoms with Crippen LogP contribution in [0.15, 0.2) is 0 Å². The molecule has 0 aromatic heterocycles. The van der Waals surface area contributed by atoms with Gasteiger partial charge >= 0.3 is 27.1 Å². The monoisotopic (exact) mass is 476 g/mol. The van der Waals surface area contributed by atoms with Crippen LogP contribution in [0, 0.1) is 0 Å². The minimum Gasteiger partial charge on any atom is -0.352 e. The van der Waals surface area contributed by atoms with E-state index in [1.807, 2.05) is 55.4 Å². The van der Waals surface area contributed by atoms with Gasteiger partial charge in [-0.25, -0.2) is 0 Å². The van der Waals surface area contributed by atoms with Crippen molar-refractivity contribution in [3.8, 4) is 0 Å². The molecule has 0 aromatic rings. The Morgan fingerprint density at radius 1 is 0.310 bits per heavy atom. The Bertz CT molecular complexity index is 335. The maximum Gasteiger partial charge on any atom is 0.673 e. The summed E-state index contributed by atoms with van der Waals surface area (Å²) in [6.45, 7) is 17.0. The van der Waals surface area contributed by atoms with Crippen molar-refractivity contribution in [1.29, 1.82) is 0 Å². The van der Waals surface area contributed by atoms with Gasteiger partial charge in [-0.05, 0) is 55.4 Å². The molecule has 0 aliphatic rings. The third-order valence-electron chi connectivity index (χ3n) is 3.07. The van der Waals surface area contributed by atoms with Crippen molar-refractivity contribution in [1.82, 2.24) is 0 Å². The molecule has 176 valence electrons. The molecule has 0 atom stereocenters. The summed E-state index contributed by atoms with van der Waals surface area (Å²) in [6, 6.07) is 0. The highest BCUT2D eigenvalue weighted by Gasteiger charge is 2.65. The van der Waals surface area contributed by atoms with Gasteiger partial charge in [0.25, 0.3) is 0 Å². The molecule has 29 heavy (non-hydrogen) atoms. The standard InChI is InChI=1S/C16H40O10Si3/c1-9-17-27(18-10-2,19-11-3)25-29(23-15-7,24-16-8)26-28(20-12-4,21-13-5)22-14-6/h9-16H2,1-8H3. The van der Waals surface area contributed by atoms with Crippen LogP contribution in [0.1, 0.15) is 55.4 Å². The Morgan fingerprint density at radius 2 is 0.483 bits per heavy atom. The lowest BCUT2D eigenvalue weighted by molar-refractivity contribution is -0.0759. The Balaban J connectivity index is 6.16. The molecule has 0 N–H and O–H groups in total. The molecule has 0 aromatic carbocycles. The highest BCUT2D eigenvalue weighted by molar-refractivity contribution is 6.74. The largest absolute Gasteiger partial charge is 0.673 e. The third-order valence-corrected chi connectivity index (χ3v) is 12.2. The van der Waals surface area contributed by atoms with E-state index >= 15 is 0 Å². The predicted molar refractivity (Wildman–Crippen MR) is 112 cm³/mol. The van der Waals surface area contributed by atoms with E-state index in [4.69, 9.17) is 43.6 Å². The molecule has 0 saturated carbocycles. The molecule has 0 aliphatic carbocycles. The Morgan fingerprint density at radius 3 is 0.655 bits per heavy atom. The first-order chi connectivity index (χ1) is 13.9. The fourth-order valence-electron chi connectivity index (χ4n) is 2.33. The second kappa shape index (κ2) is 16.0. The minimum atomic E-state index is -3.92. The Labute approximate surface area is 179 Å². The van der Waals surface area contributed by atoms with Gasteiger partial charge in [-0.3, -0.25) is 0 Å². The summed E-state index contributed by atoms with van der Waals surface area (Å²) in [4.78, 5) is 0. The second-order valence-corrected chi connectivity index (χ2v) is 12.1. The molecule has 0 fully saturated rings. The minimum absolute atomic E-state index is 0.260. The first-order valence-electron chi connectivity index (χ1n) is 10.4. The molecular formula is C16H40O10Si3. The summed E-state index contributed by atoms with van der Waals surface area (Å²) < 4.78 is 59.2. The first-order valence-corrected chi connectivity index (χ1v) is 15.3. The summed E-state index contributed by atoms with van der Waals surface area (Å²) in [5.41, 5.74) is 0. The van der Waals surface area contributed by atoms with Crippen molar-refractivity contribution in [3.05, 3.63) is 0 Å². The zero-order valence-electron chi connectivity index (χ0n) is 19.2. The van der Waals surface area contributed by atoms with Crippen LogP contribution in [-0.2, 0) is 43.6 Å². The van der Waals surface area contributed by atoms with E-state index in [9.17, 15) is 0 Å². The van der Waals surface area contributed by atoms with E-state index in [0.29, 0.717) is 39.6 Å². The average Bonchev–Trinajstić information content (AvgIpc) is 2.63. The lowest BCUT2D eigenvalue weighted by atomic mass is 10.9. The van der Waals surface area contributed by atoms with Crippen LogP contribution in [-0.4, -0.2) is 80.0 Å². The lowest BCUT2D eigenvalue weighted by Gasteiger charge is -2.38. The van der Waals surface area contributed by atoms with Crippen LogP contribution in [0.3, 0.4) is 0 Å². The molecule has 0 spiro atoms. The molecule has 0 saturated heterocycles. The zero-order chi connectivity index (χ0) is 22.2. The van der Waals surface area contributed by atoms with Crippen LogP contribution in [0.2, 0.25) is 0 Å². The fraction of sp³-hybridized carbons (Fsp3) is 1.00. The summed E-state index contributed by atoms with van der Waals surface area (Å²) >= 11 is 0. The van der Waals surface area contributed by atoms with Gasteiger partial charge in [0.1, 0.15) is 0 Å². The maximum atomic E-state index is 6.26. The van der Waals surface area contributed by atoms with Crippen molar-refractivity contribution in [2.75, 3.05) is 52.9 Å². The van der Waals surface area contributed by atoms with Crippen LogP contribution in [0.4, 0.5) is 0 Å². The molecule has 0 radical (unpaired) electrons. The smallest absolute Gasteiger partial charge is 0.352 e. The van der Waals surface area contributed by atoms with Gasteiger partial charge < -0.3 is 43.6 Å². The van der Waals surface area contributed by atoms with Crippen LogP contribution in [0.5, 0.6) is 0 Å². The first kappa shape index (κ1) is 29.3. The van der Waals surface area contributed by atoms with Crippen LogP contribution >= 0.6 is 0 Å². The number of hydrogen-bond acceptors (Lipinski definition) is 10. The zero-order valence-corrected chi connectivity index (χ0v) is 22.2. The highest BCUT2D eigenvalue weighted by Crippen LogP contribution is 2.27. The molecular weight excluding hydrogens is 436 g/mol. The van der Waals surface area contributed by atoms with Crippen molar-refractivity contribution >= 4 is 27.1 Å². The van der Waals surface area contributed by atoms with E-state index in [0.717, 1.165) is 0 Å². The molecule has 0 rings (SSSR count). The van der Waals surface area contributed by atoms with E-state index in [2.05, 4.69) is 0 Å². The van der Waals surface area contributed by atoms with Crippen molar-refractivity contribution < 1.29 is 43.6 Å². The predicted octanol–water partition coefficient (Wildman–Crippen LogP) is 2.62. The molecule has 0 bridgehead atoms. The van der Waals surface area contributed by atoms with E-state index in [1.54, 1.807) is 0 Å². The molecule has 10 nitrogen and oxygen atoms in total. The van der Waals surface area contributed by atoms with E-state index in [1.165, 1.54) is 0 Å². The summed E-state index contributed by atoms with van der Waals surface area (Å²) in [7, 11) is -11.2. The molecule has 0 heterocycles. The Kier molecular flexibility index (Phi) is 16.1. The van der Waals surface area contributed by atoms with Gasteiger partial charge in [-0.2, -0.15) is 0 Å². The van der Waals surface area contributed by atoms with Crippen molar-refractivity contribution in [2.45, 2.75) is 55.4 Å². The van der Waals surface area contributed by atoms with Gasteiger partial charge in [0.15, 0.2) is 0 Å². The molecule has 0 unspecified atom stereocenters. The average molecular weight is 477 g/mol. The lowest BCUT2D eigenvalue weighted by Crippen LogP contribution is -2.67. The van der Waals surface area contributed by atoms with Gasteiger partial charge in [0.05, 0.1) is 0 Å². The van der Waals surface area contributed by atoms with Crippen molar-refractivity contribution in [3.63, 3.8) is 0 Å². The van der Waals surface area contributed by atoms with E-state index in [-0.39, 0.29) is 13.2 Å². The second-order valence-electron chi connectivity index (χ2n) is 5.17. The summed E-state index contributed by atoms with van der Waals surface area (Å²) in [5, 5.41) is 0. The maximum absolute atomic E-state index is 6.26. The Hall–Kier alpha value is 0.251. The summed E-state index contributed by atoms with van der Waals surface area (Å²) in [5.74, 6) is 0. The van der Waals surface area contributed by atoms with Crippen LogP contribution in [0.25, 0.3) is 0 Å². The number of hydrogen-bond donors (Lipinski definition) is 0. The molecule has 0 aliphatic heterocycles. The number of rotatable bonds is 20. The third kappa shape index (κ3) is 9.94. The highest BCUT2D eigenvalue weighted by atomic mass is 28.5. The van der Waals surface area contributed by atoms with Gasteiger partial charge in [-0.15, -0.1) is 0 Å². The van der Waals surface area contributed by atoms with Gasteiger partial charge in [0, 0.05) is 52.9 Å². The van der Waals surface area contributed by atoms with Crippen molar-refractivity contribution in [2.24, 2.45) is 0 Å². The quantitative estimate of drug-likeness (QED) is 0.244. The molecule has 0 amide bonds. The summed E-state index contributed by atoms with van der Waals surface area (Å²) in [6.07, 6.45) is 0. The molecule has 13 heteroatoms.